The van der Waals surface area contributed by atoms with Crippen molar-refractivity contribution in [3.63, 3.8) is 0 Å². The lowest BCUT2D eigenvalue weighted by Crippen LogP contribution is -2.42. The number of hydrogen-bond acceptors (Lipinski definition) is 2. The molecule has 0 radical (unpaired) electrons. The van der Waals surface area contributed by atoms with Crippen molar-refractivity contribution in [1.82, 2.24) is 10.2 Å². The van der Waals surface area contributed by atoms with E-state index in [9.17, 15) is 0 Å². The van der Waals surface area contributed by atoms with Crippen LogP contribution in [0.3, 0.4) is 0 Å². The molecule has 1 aliphatic carbocycles. The second-order valence-corrected chi connectivity index (χ2v) is 5.94. The van der Waals surface area contributed by atoms with Gasteiger partial charge in [-0.2, -0.15) is 0 Å². The first-order chi connectivity index (χ1) is 8.15. The van der Waals surface area contributed by atoms with Gasteiger partial charge in [-0.3, -0.25) is 0 Å². The predicted octanol–water partition coefficient (Wildman–Crippen LogP) is 3.28. The van der Waals surface area contributed by atoms with E-state index < -0.39 is 0 Å². The van der Waals surface area contributed by atoms with Crippen molar-refractivity contribution in [2.75, 3.05) is 20.1 Å². The van der Waals surface area contributed by atoms with Crippen LogP contribution in [0.1, 0.15) is 59.3 Å². The Balaban J connectivity index is 2.13. The smallest absolute Gasteiger partial charge is 0.0107 e. The van der Waals surface area contributed by atoms with Gasteiger partial charge in [0.05, 0.1) is 0 Å². The van der Waals surface area contributed by atoms with Gasteiger partial charge in [-0.05, 0) is 39.2 Å². The average Bonchev–Trinajstić information content (AvgIpc) is 2.31. The molecule has 1 aliphatic rings. The molecule has 0 aliphatic heterocycles. The molecule has 1 rings (SSSR count). The Kier molecular flexibility index (Phi) is 7.14. The molecule has 0 aromatic rings. The molecule has 0 spiro atoms. The molecule has 2 nitrogen and oxygen atoms in total. The molecule has 0 heterocycles. The second-order valence-electron chi connectivity index (χ2n) is 5.94. The third-order valence-corrected chi connectivity index (χ3v) is 4.44. The van der Waals surface area contributed by atoms with Crippen LogP contribution < -0.4 is 5.32 Å². The van der Waals surface area contributed by atoms with Gasteiger partial charge in [-0.15, -0.1) is 0 Å². The lowest BCUT2D eigenvalue weighted by Gasteiger charge is -2.31. The van der Waals surface area contributed by atoms with Crippen molar-refractivity contribution in [2.45, 2.75) is 71.4 Å². The minimum Gasteiger partial charge on any atom is -0.312 e. The Bertz CT molecular complexity index is 193. The third-order valence-electron chi connectivity index (χ3n) is 4.44. The van der Waals surface area contributed by atoms with Crippen molar-refractivity contribution < 1.29 is 0 Å². The van der Waals surface area contributed by atoms with E-state index >= 15 is 0 Å². The van der Waals surface area contributed by atoms with Gasteiger partial charge in [0.1, 0.15) is 0 Å². The molecule has 0 amide bonds. The summed E-state index contributed by atoms with van der Waals surface area (Å²) in [5.41, 5.74) is 0. The van der Waals surface area contributed by atoms with E-state index in [2.05, 4.69) is 38.0 Å². The molecule has 0 bridgehead atoms. The van der Waals surface area contributed by atoms with Gasteiger partial charge >= 0.3 is 0 Å². The summed E-state index contributed by atoms with van der Waals surface area (Å²) in [5, 5.41) is 3.76. The topological polar surface area (TPSA) is 15.3 Å². The van der Waals surface area contributed by atoms with Crippen LogP contribution in [0, 0.1) is 5.92 Å². The largest absolute Gasteiger partial charge is 0.312 e. The first-order valence-electron chi connectivity index (χ1n) is 7.58. The highest BCUT2D eigenvalue weighted by molar-refractivity contribution is 4.78. The van der Waals surface area contributed by atoms with Crippen molar-refractivity contribution in [3.05, 3.63) is 0 Å². The highest BCUT2D eigenvalue weighted by Crippen LogP contribution is 2.23. The van der Waals surface area contributed by atoms with E-state index in [0.717, 1.165) is 24.5 Å². The summed E-state index contributed by atoms with van der Waals surface area (Å²) in [7, 11) is 2.26. The summed E-state index contributed by atoms with van der Waals surface area (Å²) in [6, 6.07) is 1.50. The summed E-state index contributed by atoms with van der Waals surface area (Å²) < 4.78 is 0. The Labute approximate surface area is 108 Å². The van der Waals surface area contributed by atoms with Crippen molar-refractivity contribution in [3.8, 4) is 0 Å². The number of rotatable bonds is 7. The van der Waals surface area contributed by atoms with E-state index in [1.807, 2.05) is 0 Å². The van der Waals surface area contributed by atoms with Crippen LogP contribution in [0.25, 0.3) is 0 Å². The fraction of sp³-hybridized carbons (Fsp3) is 1.00. The van der Waals surface area contributed by atoms with Gasteiger partial charge in [0.15, 0.2) is 0 Å². The summed E-state index contributed by atoms with van der Waals surface area (Å²) >= 11 is 0. The molecule has 0 aromatic heterocycles. The fourth-order valence-electron chi connectivity index (χ4n) is 2.90. The summed E-state index contributed by atoms with van der Waals surface area (Å²) in [6.45, 7) is 9.35. The molecule has 1 fully saturated rings. The van der Waals surface area contributed by atoms with Crippen LogP contribution in [-0.4, -0.2) is 37.1 Å². The number of nitrogens with zero attached hydrogens (tertiary/aromatic N) is 1. The van der Waals surface area contributed by atoms with E-state index in [0.29, 0.717) is 0 Å². The summed E-state index contributed by atoms with van der Waals surface area (Å²) in [5.74, 6) is 0.877. The monoisotopic (exact) mass is 240 g/mol. The Morgan fingerprint density at radius 1 is 1.29 bits per heavy atom. The van der Waals surface area contributed by atoms with Crippen molar-refractivity contribution in [1.29, 1.82) is 0 Å². The van der Waals surface area contributed by atoms with Gasteiger partial charge < -0.3 is 10.2 Å². The zero-order valence-corrected chi connectivity index (χ0v) is 12.3. The van der Waals surface area contributed by atoms with Gasteiger partial charge in [0, 0.05) is 25.2 Å². The molecule has 3 unspecified atom stereocenters. The summed E-state index contributed by atoms with van der Waals surface area (Å²) in [4.78, 5) is 2.49. The molecule has 17 heavy (non-hydrogen) atoms. The predicted molar refractivity (Wildman–Crippen MR) is 76.4 cm³/mol. The van der Waals surface area contributed by atoms with Crippen LogP contribution in [0.15, 0.2) is 0 Å². The molecule has 2 heteroatoms. The number of hydrogen-bond donors (Lipinski definition) is 1. The molecular weight excluding hydrogens is 208 g/mol. The fourth-order valence-corrected chi connectivity index (χ4v) is 2.90. The van der Waals surface area contributed by atoms with Gasteiger partial charge in [0.2, 0.25) is 0 Å². The zero-order valence-electron chi connectivity index (χ0n) is 12.3. The Morgan fingerprint density at radius 3 is 2.65 bits per heavy atom. The van der Waals surface area contributed by atoms with Crippen molar-refractivity contribution >= 4 is 0 Å². The Hall–Kier alpha value is -0.0800. The Morgan fingerprint density at radius 2 is 2.00 bits per heavy atom. The van der Waals surface area contributed by atoms with E-state index in [1.165, 1.54) is 45.1 Å². The molecule has 102 valence electrons. The van der Waals surface area contributed by atoms with Crippen LogP contribution >= 0.6 is 0 Å². The average molecular weight is 240 g/mol. The van der Waals surface area contributed by atoms with Crippen LogP contribution in [0.4, 0.5) is 0 Å². The minimum atomic E-state index is 0.727. The molecule has 1 N–H and O–H groups in total. The lowest BCUT2D eigenvalue weighted by atomic mass is 9.86. The van der Waals surface area contributed by atoms with E-state index in [4.69, 9.17) is 0 Å². The van der Waals surface area contributed by atoms with Crippen LogP contribution in [-0.2, 0) is 0 Å². The molecule has 1 saturated carbocycles. The highest BCUT2D eigenvalue weighted by Gasteiger charge is 2.20. The lowest BCUT2D eigenvalue weighted by molar-refractivity contribution is 0.224. The van der Waals surface area contributed by atoms with Crippen molar-refractivity contribution in [2.24, 2.45) is 5.92 Å². The maximum Gasteiger partial charge on any atom is 0.0107 e. The number of likely N-dealkylation sites (N-methyl/N-ethyl adjacent to an activating group) is 1. The first-order valence-corrected chi connectivity index (χ1v) is 7.58. The normalized spacial score (nSPS) is 27.4. The SMILES string of the molecule is CCCC(C)N(C)CCNC1CCCCC1C. The van der Waals surface area contributed by atoms with Crippen LogP contribution in [0.5, 0.6) is 0 Å². The standard InChI is InChI=1S/C15H32N2/c1-5-8-14(3)17(4)12-11-16-15-10-7-6-9-13(15)2/h13-16H,5-12H2,1-4H3. The first kappa shape index (κ1) is 15.0. The van der Waals surface area contributed by atoms with Crippen LogP contribution in [0.2, 0.25) is 0 Å². The molecule has 0 aromatic carbocycles. The van der Waals surface area contributed by atoms with E-state index in [-0.39, 0.29) is 0 Å². The van der Waals surface area contributed by atoms with E-state index in [1.54, 1.807) is 0 Å². The molecule has 0 saturated heterocycles. The molecular formula is C15H32N2. The zero-order chi connectivity index (χ0) is 12.7. The van der Waals surface area contributed by atoms with Gasteiger partial charge in [-0.25, -0.2) is 0 Å². The maximum absolute atomic E-state index is 3.76. The molecule has 3 atom stereocenters. The summed E-state index contributed by atoms with van der Waals surface area (Å²) in [6.07, 6.45) is 8.26. The maximum atomic E-state index is 3.76. The number of nitrogens with one attached hydrogen (secondary N) is 1. The van der Waals surface area contributed by atoms with Gasteiger partial charge in [-0.1, -0.05) is 33.1 Å². The highest BCUT2D eigenvalue weighted by atomic mass is 15.1. The minimum absolute atomic E-state index is 0.727. The third kappa shape index (κ3) is 5.39. The van der Waals surface area contributed by atoms with Gasteiger partial charge in [0.25, 0.3) is 0 Å². The second kappa shape index (κ2) is 8.10. The quantitative estimate of drug-likeness (QED) is 0.735.